The molecule has 2 N–H and O–H groups in total. The Morgan fingerprint density at radius 3 is 2.27 bits per heavy atom. The quantitative estimate of drug-likeness (QED) is 0.300. The van der Waals surface area contributed by atoms with Crippen molar-refractivity contribution < 1.29 is 24.1 Å². The SMILES string of the molecule is CCN1c2cc3c(cc2C(C)CC1(C)C)C(c1ccc(OCC(=O)O)cc1)=c1cc2c(cc1P3(=O)O)=[N+](CC)C(C)(C)CC2C. The maximum absolute atomic E-state index is 14.9. The molecular weight excluding hydrogens is 583 g/mol. The number of carboxylic acid groups (broad SMARTS) is 1. The van der Waals surface area contributed by atoms with E-state index in [4.69, 9.17) is 9.84 Å². The monoisotopic (exact) mass is 629 g/mol. The van der Waals surface area contributed by atoms with Crippen LogP contribution in [0.5, 0.6) is 5.75 Å². The Balaban J connectivity index is 1.72. The van der Waals surface area contributed by atoms with Crippen LogP contribution < -0.4 is 35.4 Å². The van der Waals surface area contributed by atoms with Crippen molar-refractivity contribution in [2.45, 2.75) is 91.1 Å². The van der Waals surface area contributed by atoms with Gasteiger partial charge in [0.2, 0.25) is 5.36 Å². The van der Waals surface area contributed by atoms with Gasteiger partial charge in [-0.15, -0.1) is 0 Å². The highest BCUT2D eigenvalue weighted by Crippen LogP contribution is 2.49. The van der Waals surface area contributed by atoms with Crippen LogP contribution in [0.3, 0.4) is 0 Å². The second-order valence-corrected chi connectivity index (χ2v) is 16.5. The first-order valence-electron chi connectivity index (χ1n) is 16.2. The van der Waals surface area contributed by atoms with Crippen LogP contribution in [0.15, 0.2) is 48.5 Å². The average molecular weight is 630 g/mol. The Kier molecular flexibility index (Phi) is 7.61. The number of benzene rings is 3. The molecule has 6 rings (SSSR count). The summed E-state index contributed by atoms with van der Waals surface area (Å²) in [6, 6.07) is 15.8. The van der Waals surface area contributed by atoms with E-state index in [0.717, 1.165) is 58.9 Å². The molecule has 238 valence electrons. The highest BCUT2D eigenvalue weighted by Gasteiger charge is 2.43. The van der Waals surface area contributed by atoms with E-state index < -0.39 is 19.9 Å². The molecule has 0 aromatic heterocycles. The Bertz CT molecular complexity index is 1890. The van der Waals surface area contributed by atoms with Crippen molar-refractivity contribution in [1.29, 1.82) is 0 Å². The van der Waals surface area contributed by atoms with E-state index in [9.17, 15) is 14.3 Å². The molecule has 3 aliphatic heterocycles. The molecule has 0 amide bonds. The van der Waals surface area contributed by atoms with Gasteiger partial charge in [-0.3, -0.25) is 4.57 Å². The zero-order chi connectivity index (χ0) is 32.6. The standard InChI is InChI=1S/C37H45N2O5P/c1-9-38-30-17-32-28(15-26(30)22(3)19-36(38,5)6)35(24-11-13-25(14-12-24)44-21-34(40)41)29-16-27-23(4)20-37(7,8)39(10-2)31(27)18-33(29)45(32,42)43/h11-18,22-23H,9-10,19-21H2,1-8H3,(H-,40,41,42,43)/p+1. The van der Waals surface area contributed by atoms with E-state index in [1.807, 2.05) is 24.3 Å². The van der Waals surface area contributed by atoms with Crippen molar-refractivity contribution in [3.05, 3.63) is 81.4 Å². The number of fused-ring (bicyclic) bond motifs is 4. The number of rotatable bonds is 6. The third-order valence-electron chi connectivity index (χ3n) is 10.3. The smallest absolute Gasteiger partial charge is 0.341 e. The van der Waals surface area contributed by atoms with E-state index in [0.29, 0.717) is 16.4 Å². The van der Waals surface area contributed by atoms with Crippen LogP contribution in [-0.4, -0.2) is 46.7 Å². The summed E-state index contributed by atoms with van der Waals surface area (Å²) in [6.07, 6.45) is 1.97. The molecule has 0 fully saturated rings. The Labute approximate surface area is 266 Å². The maximum Gasteiger partial charge on any atom is 0.341 e. The second kappa shape index (κ2) is 10.8. The van der Waals surface area contributed by atoms with Crippen molar-refractivity contribution in [2.75, 3.05) is 24.6 Å². The van der Waals surface area contributed by atoms with Crippen molar-refractivity contribution in [3.8, 4) is 5.75 Å². The number of carbonyl (C=O) groups is 1. The molecule has 3 heterocycles. The molecule has 3 atom stereocenters. The Morgan fingerprint density at radius 1 is 0.978 bits per heavy atom. The summed E-state index contributed by atoms with van der Waals surface area (Å²) in [4.78, 5) is 25.7. The number of aliphatic carboxylic acids is 1. The third-order valence-corrected chi connectivity index (χ3v) is 12.4. The van der Waals surface area contributed by atoms with Gasteiger partial charge < -0.3 is 19.6 Å². The number of ether oxygens (including phenoxy) is 1. The summed E-state index contributed by atoms with van der Waals surface area (Å²) in [5.41, 5.74) is 5.89. The van der Waals surface area contributed by atoms with Crippen LogP contribution in [0, 0.1) is 0 Å². The van der Waals surface area contributed by atoms with Crippen molar-refractivity contribution >= 4 is 35.2 Å². The van der Waals surface area contributed by atoms with Crippen LogP contribution in [0.25, 0.3) is 5.57 Å². The molecule has 3 unspecified atom stereocenters. The lowest BCUT2D eigenvalue weighted by atomic mass is 9.78. The zero-order valence-corrected chi connectivity index (χ0v) is 28.7. The summed E-state index contributed by atoms with van der Waals surface area (Å²) >= 11 is 0. The molecule has 8 heteroatoms. The summed E-state index contributed by atoms with van der Waals surface area (Å²) in [7, 11) is -4.01. The van der Waals surface area contributed by atoms with Crippen LogP contribution >= 0.6 is 7.37 Å². The van der Waals surface area contributed by atoms with E-state index in [1.54, 1.807) is 12.1 Å². The minimum Gasteiger partial charge on any atom is -0.482 e. The van der Waals surface area contributed by atoms with Crippen LogP contribution in [0.2, 0.25) is 0 Å². The Hall–Kier alpha value is -3.41. The fourth-order valence-electron chi connectivity index (χ4n) is 8.58. The lowest BCUT2D eigenvalue weighted by Gasteiger charge is -2.48. The van der Waals surface area contributed by atoms with Crippen LogP contribution in [0.1, 0.15) is 102 Å². The normalized spacial score (nSPS) is 24.3. The fraction of sp³-hybridized carbons (Fsp3) is 0.459. The number of anilines is 1. The molecule has 45 heavy (non-hydrogen) atoms. The van der Waals surface area contributed by atoms with Gasteiger partial charge in [0, 0.05) is 35.8 Å². The van der Waals surface area contributed by atoms with Gasteiger partial charge in [-0.2, -0.15) is 0 Å². The van der Waals surface area contributed by atoms with Gasteiger partial charge in [0.05, 0.1) is 10.6 Å². The van der Waals surface area contributed by atoms with Crippen molar-refractivity contribution in [2.24, 2.45) is 0 Å². The van der Waals surface area contributed by atoms with E-state index in [1.165, 1.54) is 11.1 Å². The second-order valence-electron chi connectivity index (χ2n) is 14.3. The first-order valence-corrected chi connectivity index (χ1v) is 17.8. The highest BCUT2D eigenvalue weighted by atomic mass is 31.2. The molecule has 7 nitrogen and oxygen atoms in total. The number of carboxylic acids is 1. The summed E-state index contributed by atoms with van der Waals surface area (Å²) in [5.74, 6) is -0.0155. The first kappa shape index (κ1) is 31.6. The molecule has 0 radical (unpaired) electrons. The minimum atomic E-state index is -4.01. The minimum absolute atomic E-state index is 0.0812. The topological polar surface area (TPSA) is 90.1 Å². The van der Waals surface area contributed by atoms with E-state index >= 15 is 0 Å². The summed E-state index contributed by atoms with van der Waals surface area (Å²) in [6.45, 7) is 19.0. The molecule has 0 bridgehead atoms. The molecule has 0 saturated carbocycles. The van der Waals surface area contributed by atoms with Gasteiger partial charge in [0.15, 0.2) is 12.1 Å². The number of hydrogen-bond donors (Lipinski definition) is 2. The van der Waals surface area contributed by atoms with Gasteiger partial charge in [0.25, 0.3) is 7.37 Å². The van der Waals surface area contributed by atoms with Crippen molar-refractivity contribution in [1.82, 2.24) is 4.58 Å². The van der Waals surface area contributed by atoms with Crippen LogP contribution in [-0.2, 0) is 9.36 Å². The van der Waals surface area contributed by atoms with Gasteiger partial charge in [-0.05, 0) is 118 Å². The fourth-order valence-corrected chi connectivity index (χ4v) is 10.4. The highest BCUT2D eigenvalue weighted by molar-refractivity contribution is 7.73. The number of hydrogen-bond acceptors (Lipinski definition) is 4. The average Bonchev–Trinajstić information content (AvgIpc) is 2.95. The van der Waals surface area contributed by atoms with E-state index in [2.05, 4.69) is 77.0 Å². The maximum atomic E-state index is 14.9. The summed E-state index contributed by atoms with van der Waals surface area (Å²) in [5, 5.41) is 11.9. The molecule has 3 aromatic carbocycles. The molecule has 3 aliphatic rings. The molecule has 0 aliphatic carbocycles. The molecule has 0 saturated heterocycles. The predicted molar refractivity (Wildman–Crippen MR) is 181 cm³/mol. The largest absolute Gasteiger partial charge is 0.482 e. The summed E-state index contributed by atoms with van der Waals surface area (Å²) < 4.78 is 22.8. The Morgan fingerprint density at radius 2 is 1.64 bits per heavy atom. The number of nitrogens with zero attached hydrogens (tertiary/aromatic N) is 2. The van der Waals surface area contributed by atoms with Gasteiger partial charge >= 0.3 is 5.97 Å². The lowest BCUT2D eigenvalue weighted by Crippen LogP contribution is -2.54. The molecule has 0 spiro atoms. The van der Waals surface area contributed by atoms with Gasteiger partial charge in [-0.1, -0.05) is 26.0 Å². The third kappa shape index (κ3) is 5.03. The first-order chi connectivity index (χ1) is 21.1. The van der Waals surface area contributed by atoms with Gasteiger partial charge in [0.1, 0.15) is 12.3 Å². The molecule has 3 aromatic rings. The predicted octanol–water partition coefficient (Wildman–Crippen LogP) is 4.84. The molecular formula is C37H46N2O5P+. The lowest BCUT2D eigenvalue weighted by molar-refractivity contribution is -0.139. The zero-order valence-electron chi connectivity index (χ0n) is 27.8. The van der Waals surface area contributed by atoms with Crippen molar-refractivity contribution in [3.63, 3.8) is 0 Å². The van der Waals surface area contributed by atoms with Crippen LogP contribution in [0.4, 0.5) is 5.69 Å². The van der Waals surface area contributed by atoms with E-state index in [-0.39, 0.29) is 22.9 Å². The van der Waals surface area contributed by atoms with Gasteiger partial charge in [-0.25, -0.2) is 9.37 Å².